The summed E-state index contributed by atoms with van der Waals surface area (Å²) >= 11 is 0. The van der Waals surface area contributed by atoms with Crippen LogP contribution in [-0.4, -0.2) is 87.8 Å². The number of unbranched alkanes of at least 4 members (excludes halogenated alkanes) is 4. The van der Waals surface area contributed by atoms with E-state index in [0.29, 0.717) is 13.2 Å². The highest BCUT2D eigenvalue weighted by molar-refractivity contribution is 7.90. The fourth-order valence-corrected chi connectivity index (χ4v) is 6.41. The number of carbonyl (C=O) groups is 2. The Balaban J connectivity index is 0.000000808. The van der Waals surface area contributed by atoms with Crippen LogP contribution in [0.25, 0.3) is 0 Å². The minimum Gasteiger partial charge on any atom is -0.494 e. The van der Waals surface area contributed by atoms with Crippen LogP contribution in [0.2, 0.25) is 0 Å². The van der Waals surface area contributed by atoms with Gasteiger partial charge in [-0.2, -0.15) is 0 Å². The molecule has 47 heavy (non-hydrogen) atoms. The molecule has 0 fully saturated rings. The lowest BCUT2D eigenvalue weighted by atomic mass is 9.81. The highest BCUT2D eigenvalue weighted by Crippen LogP contribution is 2.32. The van der Waals surface area contributed by atoms with Gasteiger partial charge in [-0.25, -0.2) is 8.42 Å². The molecular weight excluding hydrogens is 616 g/mol. The van der Waals surface area contributed by atoms with Crippen molar-refractivity contribution in [1.82, 2.24) is 4.90 Å². The third-order valence-electron chi connectivity index (χ3n) is 7.54. The highest BCUT2D eigenvalue weighted by atomic mass is 32.2. The summed E-state index contributed by atoms with van der Waals surface area (Å²) in [6.45, 7) is 9.21. The molecule has 1 atom stereocenters. The number of para-hydroxylation sites is 1. The maximum Gasteiger partial charge on any atom is 0.317 e. The number of hydrogen-bond donors (Lipinski definition) is 2. The maximum absolute atomic E-state index is 11.8. The lowest BCUT2D eigenvalue weighted by Crippen LogP contribution is -2.35. The number of benzene rings is 2. The van der Waals surface area contributed by atoms with E-state index in [2.05, 4.69) is 56.9 Å². The molecule has 10 heteroatoms. The van der Waals surface area contributed by atoms with Gasteiger partial charge in [0.05, 0.1) is 25.4 Å². The molecule has 2 aromatic carbocycles. The van der Waals surface area contributed by atoms with Gasteiger partial charge in [0.15, 0.2) is 0 Å². The molecule has 0 amide bonds. The summed E-state index contributed by atoms with van der Waals surface area (Å²) in [6.07, 6.45) is 11.5. The summed E-state index contributed by atoms with van der Waals surface area (Å²) in [4.78, 5) is 24.8. The van der Waals surface area contributed by atoms with Crippen LogP contribution in [0.4, 0.5) is 5.69 Å². The molecule has 2 aromatic rings. The van der Waals surface area contributed by atoms with Gasteiger partial charge in [-0.1, -0.05) is 83.7 Å². The van der Waals surface area contributed by atoms with Crippen molar-refractivity contribution in [2.75, 3.05) is 57.2 Å². The summed E-state index contributed by atoms with van der Waals surface area (Å²) < 4.78 is 29.1. The van der Waals surface area contributed by atoms with Crippen molar-refractivity contribution in [2.24, 2.45) is 5.41 Å². The van der Waals surface area contributed by atoms with Gasteiger partial charge in [-0.15, -0.1) is 0 Å². The van der Waals surface area contributed by atoms with Crippen molar-refractivity contribution in [3.63, 3.8) is 0 Å². The van der Waals surface area contributed by atoms with Crippen LogP contribution in [0, 0.1) is 5.41 Å². The molecule has 0 aliphatic carbocycles. The molecule has 1 unspecified atom stereocenters. The number of aryl methyl sites for hydroxylation is 1. The van der Waals surface area contributed by atoms with E-state index in [4.69, 9.17) is 14.9 Å². The van der Waals surface area contributed by atoms with Gasteiger partial charge in [0.2, 0.25) is 0 Å². The predicted molar refractivity (Wildman–Crippen MR) is 195 cm³/mol. The largest absolute Gasteiger partial charge is 0.494 e. The number of sulfone groups is 1. The zero-order valence-corrected chi connectivity index (χ0v) is 30.9. The van der Waals surface area contributed by atoms with Gasteiger partial charge < -0.3 is 19.8 Å². The van der Waals surface area contributed by atoms with Gasteiger partial charge in [0, 0.05) is 26.0 Å². The van der Waals surface area contributed by atoms with E-state index in [1.54, 1.807) is 0 Å². The first-order valence-corrected chi connectivity index (χ1v) is 19.0. The molecule has 0 heterocycles. The van der Waals surface area contributed by atoms with E-state index in [-0.39, 0.29) is 24.3 Å². The third kappa shape index (κ3) is 24.7. The van der Waals surface area contributed by atoms with Crippen LogP contribution in [0.5, 0.6) is 5.75 Å². The number of nitrogens with zero attached hydrogens (tertiary/aromatic N) is 2. The summed E-state index contributed by atoms with van der Waals surface area (Å²) in [5.41, 5.74) is 2.34. The van der Waals surface area contributed by atoms with E-state index in [1.807, 2.05) is 44.4 Å². The number of aliphatic carboxylic acids is 2. The number of rotatable bonds is 21. The molecule has 0 aliphatic heterocycles. The van der Waals surface area contributed by atoms with Gasteiger partial charge in [-0.05, 0) is 80.3 Å². The fourth-order valence-electron chi connectivity index (χ4n) is 4.86. The molecule has 0 radical (unpaired) electrons. The van der Waals surface area contributed by atoms with E-state index >= 15 is 0 Å². The van der Waals surface area contributed by atoms with Gasteiger partial charge in [0.1, 0.15) is 15.6 Å². The fraction of sp³-hybridized carbons (Fsp3) is 0.622. The molecular formula is C37H62N2O7S. The van der Waals surface area contributed by atoms with Crippen LogP contribution in [0.3, 0.4) is 0 Å². The van der Waals surface area contributed by atoms with Gasteiger partial charge in [-0.3, -0.25) is 14.5 Å². The van der Waals surface area contributed by atoms with Crippen LogP contribution >= 0.6 is 0 Å². The first-order valence-electron chi connectivity index (χ1n) is 16.9. The van der Waals surface area contributed by atoms with Crippen molar-refractivity contribution in [3.05, 3.63) is 60.2 Å². The topological polar surface area (TPSA) is 124 Å². The Hall–Kier alpha value is -3.11. The Morgan fingerprint density at radius 2 is 1.43 bits per heavy atom. The van der Waals surface area contributed by atoms with E-state index in [1.165, 1.54) is 35.2 Å². The molecule has 0 saturated carbocycles. The zero-order chi connectivity index (χ0) is 35.7. The number of hydrogen-bond acceptors (Lipinski definition) is 7. The normalized spacial score (nSPS) is 12.2. The molecule has 0 aliphatic rings. The molecule has 0 aromatic heterocycles. The van der Waals surface area contributed by atoms with Crippen molar-refractivity contribution in [3.8, 4) is 5.75 Å². The SMILES string of the molecule is CCCC.CCCCC(C)(CCc1cccc(N(C)C)c1)CS(C)(=O)=O.O=C(O)CN(CCCCCOc1ccccc1)CC(=O)O. The van der Waals surface area contributed by atoms with Crippen molar-refractivity contribution < 1.29 is 33.0 Å². The monoisotopic (exact) mass is 678 g/mol. The van der Waals surface area contributed by atoms with Crippen LogP contribution in [0.1, 0.15) is 91.0 Å². The smallest absolute Gasteiger partial charge is 0.317 e. The molecule has 2 N–H and O–H groups in total. The lowest BCUT2D eigenvalue weighted by molar-refractivity contribution is -0.141. The lowest BCUT2D eigenvalue weighted by Gasteiger charge is -2.29. The quantitative estimate of drug-likeness (QED) is 0.130. The number of anilines is 1. The second kappa shape index (κ2) is 25.0. The zero-order valence-electron chi connectivity index (χ0n) is 30.0. The first kappa shape index (κ1) is 43.9. The Kier molecular flexibility index (Phi) is 23.3. The van der Waals surface area contributed by atoms with E-state index in [9.17, 15) is 18.0 Å². The summed E-state index contributed by atoms with van der Waals surface area (Å²) in [5, 5.41) is 17.4. The second-order valence-electron chi connectivity index (χ2n) is 12.8. The second-order valence-corrected chi connectivity index (χ2v) is 14.9. The van der Waals surface area contributed by atoms with E-state index in [0.717, 1.165) is 57.1 Å². The average molecular weight is 679 g/mol. The molecule has 268 valence electrons. The summed E-state index contributed by atoms with van der Waals surface area (Å²) in [7, 11) is 1.13. The average Bonchev–Trinajstić information content (AvgIpc) is 3.00. The number of carboxylic acids is 2. The Labute approximate surface area is 285 Å². The standard InChI is InChI=1S/C18H31NO2S.C15H21NO5.C4H10/c1-6-7-12-18(2,15-22(5,20)21)13-11-16-9-8-10-17(14-16)19(3)4;17-14(18)11-16(12-15(19)20)9-5-2-6-10-21-13-7-3-1-4-8-13;1-3-4-2/h8-10,14H,6-7,11-13,15H2,1-5H3;1,3-4,7-8H,2,5-6,9-12H2,(H,17,18)(H,19,20);3-4H2,1-2H3. The molecule has 0 spiro atoms. The highest BCUT2D eigenvalue weighted by Gasteiger charge is 2.28. The predicted octanol–water partition coefficient (Wildman–Crippen LogP) is 7.44. The van der Waals surface area contributed by atoms with Crippen molar-refractivity contribution >= 4 is 27.5 Å². The van der Waals surface area contributed by atoms with Crippen LogP contribution < -0.4 is 9.64 Å². The van der Waals surface area contributed by atoms with Gasteiger partial charge in [0.25, 0.3) is 0 Å². The molecule has 0 saturated heterocycles. The van der Waals surface area contributed by atoms with Crippen molar-refractivity contribution in [2.45, 2.75) is 91.9 Å². The molecule has 2 rings (SSSR count). The van der Waals surface area contributed by atoms with Gasteiger partial charge >= 0.3 is 11.9 Å². The Morgan fingerprint density at radius 1 is 0.809 bits per heavy atom. The van der Waals surface area contributed by atoms with Crippen LogP contribution in [0.15, 0.2) is 54.6 Å². The Bertz CT molecular complexity index is 1200. The minimum absolute atomic E-state index is 0.127. The minimum atomic E-state index is -2.95. The van der Waals surface area contributed by atoms with Crippen LogP contribution in [-0.2, 0) is 25.8 Å². The number of carboxylic acid groups (broad SMARTS) is 2. The Morgan fingerprint density at radius 3 is 1.94 bits per heavy atom. The number of ether oxygens (including phenoxy) is 1. The first-order chi connectivity index (χ1) is 22.1. The van der Waals surface area contributed by atoms with Crippen molar-refractivity contribution in [1.29, 1.82) is 0 Å². The van der Waals surface area contributed by atoms with E-state index < -0.39 is 21.8 Å². The molecule has 9 nitrogen and oxygen atoms in total. The third-order valence-corrected chi connectivity index (χ3v) is 8.76. The maximum atomic E-state index is 11.8. The summed E-state index contributed by atoms with van der Waals surface area (Å²) in [5.74, 6) is -0.906. The summed E-state index contributed by atoms with van der Waals surface area (Å²) in [6, 6.07) is 18.0. The molecule has 0 bridgehead atoms.